The second-order valence-electron chi connectivity index (χ2n) is 3.50. The molecule has 0 bridgehead atoms. The van der Waals surface area contributed by atoms with Gasteiger partial charge in [0.25, 0.3) is 0 Å². The van der Waals surface area contributed by atoms with Crippen molar-refractivity contribution in [1.29, 1.82) is 0 Å². The highest BCUT2D eigenvalue weighted by Gasteiger charge is 2.19. The summed E-state index contributed by atoms with van der Waals surface area (Å²) in [6.45, 7) is 2.12. The van der Waals surface area contributed by atoms with Crippen LogP contribution in [0.25, 0.3) is 6.08 Å². The van der Waals surface area contributed by atoms with Gasteiger partial charge < -0.3 is 10.5 Å². The van der Waals surface area contributed by atoms with Crippen molar-refractivity contribution in [1.82, 2.24) is 0 Å². The summed E-state index contributed by atoms with van der Waals surface area (Å²) in [5.41, 5.74) is 7.77. The SMILES string of the molecule is CC1=NC(=Cc2cccc(CN)c2)C(=O)O1. The molecule has 0 fully saturated rings. The average molecular weight is 216 g/mol. The molecule has 0 radical (unpaired) electrons. The number of nitrogens with two attached hydrogens (primary N) is 1. The molecule has 0 spiro atoms. The Morgan fingerprint density at radius 1 is 1.50 bits per heavy atom. The van der Waals surface area contributed by atoms with Gasteiger partial charge in [0.2, 0.25) is 0 Å². The molecule has 0 saturated heterocycles. The number of ether oxygens (including phenoxy) is 1. The number of hydrogen-bond acceptors (Lipinski definition) is 4. The lowest BCUT2D eigenvalue weighted by atomic mass is 10.1. The lowest BCUT2D eigenvalue weighted by Gasteiger charge is -1.98. The van der Waals surface area contributed by atoms with E-state index in [2.05, 4.69) is 4.99 Å². The minimum Gasteiger partial charge on any atom is -0.407 e. The number of nitrogens with zero attached hydrogens (tertiary/aromatic N) is 1. The Kier molecular flexibility index (Phi) is 2.83. The predicted octanol–water partition coefficient (Wildman–Crippen LogP) is 1.46. The van der Waals surface area contributed by atoms with E-state index in [9.17, 15) is 4.79 Å². The number of cyclic esters (lactones) is 1. The molecule has 16 heavy (non-hydrogen) atoms. The fourth-order valence-corrected chi connectivity index (χ4v) is 1.48. The number of carbonyl (C=O) groups is 1. The van der Waals surface area contributed by atoms with Gasteiger partial charge in [0.05, 0.1) is 0 Å². The summed E-state index contributed by atoms with van der Waals surface area (Å²) in [6, 6.07) is 7.64. The van der Waals surface area contributed by atoms with Crippen LogP contribution in [-0.2, 0) is 16.1 Å². The first-order valence-electron chi connectivity index (χ1n) is 4.97. The topological polar surface area (TPSA) is 64.7 Å². The highest BCUT2D eigenvalue weighted by molar-refractivity contribution is 6.06. The van der Waals surface area contributed by atoms with Crippen molar-refractivity contribution in [2.75, 3.05) is 0 Å². The molecule has 0 amide bonds. The molecule has 4 heteroatoms. The van der Waals surface area contributed by atoms with Crippen molar-refractivity contribution >= 4 is 17.9 Å². The van der Waals surface area contributed by atoms with Crippen LogP contribution < -0.4 is 5.73 Å². The molecular weight excluding hydrogens is 204 g/mol. The van der Waals surface area contributed by atoms with Crippen LogP contribution in [0.5, 0.6) is 0 Å². The van der Waals surface area contributed by atoms with E-state index in [1.54, 1.807) is 13.0 Å². The van der Waals surface area contributed by atoms with Crippen molar-refractivity contribution in [3.63, 3.8) is 0 Å². The van der Waals surface area contributed by atoms with E-state index >= 15 is 0 Å². The molecule has 0 aliphatic carbocycles. The summed E-state index contributed by atoms with van der Waals surface area (Å²) in [6.07, 6.45) is 1.69. The zero-order valence-corrected chi connectivity index (χ0v) is 8.93. The van der Waals surface area contributed by atoms with E-state index in [-0.39, 0.29) is 0 Å². The molecule has 0 aromatic heterocycles. The highest BCUT2D eigenvalue weighted by Crippen LogP contribution is 2.15. The Balaban J connectivity index is 2.32. The molecule has 0 saturated carbocycles. The van der Waals surface area contributed by atoms with Crippen molar-refractivity contribution in [3.05, 3.63) is 41.1 Å². The third kappa shape index (κ3) is 2.17. The largest absolute Gasteiger partial charge is 0.407 e. The number of esters is 1. The standard InChI is InChI=1S/C12H12N2O2/c1-8-14-11(12(15)16-8)6-9-3-2-4-10(5-9)7-13/h2-6H,7,13H2,1H3. The van der Waals surface area contributed by atoms with Gasteiger partial charge in [-0.2, -0.15) is 0 Å². The molecule has 0 atom stereocenters. The van der Waals surface area contributed by atoms with Crippen molar-refractivity contribution < 1.29 is 9.53 Å². The monoisotopic (exact) mass is 216 g/mol. The van der Waals surface area contributed by atoms with E-state index < -0.39 is 5.97 Å². The van der Waals surface area contributed by atoms with Gasteiger partial charge in [0.1, 0.15) is 0 Å². The molecule has 1 aromatic carbocycles. The predicted molar refractivity (Wildman–Crippen MR) is 61.5 cm³/mol. The Morgan fingerprint density at radius 3 is 2.94 bits per heavy atom. The summed E-state index contributed by atoms with van der Waals surface area (Å²) in [5, 5.41) is 0. The van der Waals surface area contributed by atoms with Gasteiger partial charge in [0, 0.05) is 13.5 Å². The number of benzene rings is 1. The van der Waals surface area contributed by atoms with Gasteiger partial charge in [-0.25, -0.2) is 9.79 Å². The van der Waals surface area contributed by atoms with Gasteiger partial charge in [-0.05, 0) is 17.2 Å². The Hall–Kier alpha value is -1.94. The van der Waals surface area contributed by atoms with Crippen LogP contribution in [-0.4, -0.2) is 11.9 Å². The minimum absolute atomic E-state index is 0.326. The van der Waals surface area contributed by atoms with Crippen LogP contribution in [0.1, 0.15) is 18.1 Å². The zero-order valence-electron chi connectivity index (χ0n) is 8.93. The molecule has 1 aromatic rings. The quantitative estimate of drug-likeness (QED) is 0.601. The van der Waals surface area contributed by atoms with Crippen molar-refractivity contribution in [3.8, 4) is 0 Å². The molecule has 0 unspecified atom stereocenters. The van der Waals surface area contributed by atoms with Gasteiger partial charge in [-0.1, -0.05) is 24.3 Å². The third-order valence-electron chi connectivity index (χ3n) is 2.22. The Morgan fingerprint density at radius 2 is 2.31 bits per heavy atom. The molecule has 1 heterocycles. The Bertz CT molecular complexity index is 490. The molecular formula is C12H12N2O2. The summed E-state index contributed by atoms with van der Waals surface area (Å²) >= 11 is 0. The first-order chi connectivity index (χ1) is 7.69. The van der Waals surface area contributed by atoms with Crippen LogP contribution in [0.15, 0.2) is 35.0 Å². The second kappa shape index (κ2) is 4.28. The highest BCUT2D eigenvalue weighted by atomic mass is 16.6. The molecule has 1 aliphatic heterocycles. The maximum Gasteiger partial charge on any atom is 0.363 e. The van der Waals surface area contributed by atoms with E-state index in [1.807, 2.05) is 24.3 Å². The third-order valence-corrected chi connectivity index (χ3v) is 2.22. The number of aliphatic imine (C=N–C) groups is 1. The number of carbonyl (C=O) groups excluding carboxylic acids is 1. The fraction of sp³-hybridized carbons (Fsp3) is 0.167. The summed E-state index contributed by atoms with van der Waals surface area (Å²) in [7, 11) is 0. The lowest BCUT2D eigenvalue weighted by molar-refractivity contribution is -0.130. The van der Waals surface area contributed by atoms with Gasteiger partial charge in [-0.3, -0.25) is 0 Å². The van der Waals surface area contributed by atoms with Crippen LogP contribution in [0.2, 0.25) is 0 Å². The minimum atomic E-state index is -0.407. The molecule has 2 rings (SSSR count). The molecule has 1 aliphatic rings. The summed E-state index contributed by atoms with van der Waals surface area (Å²) in [5.74, 6) is -0.0260. The lowest BCUT2D eigenvalue weighted by Crippen LogP contribution is -2.00. The molecule has 4 nitrogen and oxygen atoms in total. The first kappa shape index (κ1) is 10.6. The number of hydrogen-bond donors (Lipinski definition) is 1. The second-order valence-corrected chi connectivity index (χ2v) is 3.50. The van der Waals surface area contributed by atoms with Crippen LogP contribution in [0.4, 0.5) is 0 Å². The zero-order chi connectivity index (χ0) is 11.5. The number of rotatable bonds is 2. The molecule has 2 N–H and O–H groups in total. The Labute approximate surface area is 93.4 Å². The van der Waals surface area contributed by atoms with Crippen LogP contribution in [0, 0.1) is 0 Å². The smallest absolute Gasteiger partial charge is 0.363 e. The van der Waals surface area contributed by atoms with E-state index in [0.29, 0.717) is 18.1 Å². The fourth-order valence-electron chi connectivity index (χ4n) is 1.48. The molecule has 82 valence electrons. The van der Waals surface area contributed by atoms with Crippen LogP contribution in [0.3, 0.4) is 0 Å². The van der Waals surface area contributed by atoms with Gasteiger partial charge in [-0.15, -0.1) is 0 Å². The normalized spacial score (nSPS) is 17.5. The van der Waals surface area contributed by atoms with E-state index in [1.165, 1.54) is 0 Å². The average Bonchev–Trinajstić information content (AvgIpc) is 2.58. The van der Waals surface area contributed by atoms with Crippen LogP contribution >= 0.6 is 0 Å². The van der Waals surface area contributed by atoms with Crippen molar-refractivity contribution in [2.24, 2.45) is 10.7 Å². The summed E-state index contributed by atoms with van der Waals surface area (Å²) in [4.78, 5) is 15.3. The van der Waals surface area contributed by atoms with Gasteiger partial charge >= 0.3 is 5.97 Å². The van der Waals surface area contributed by atoms with Crippen molar-refractivity contribution in [2.45, 2.75) is 13.5 Å². The first-order valence-corrected chi connectivity index (χ1v) is 4.97. The van der Waals surface area contributed by atoms with E-state index in [4.69, 9.17) is 10.5 Å². The maximum atomic E-state index is 11.3. The maximum absolute atomic E-state index is 11.3. The summed E-state index contributed by atoms with van der Waals surface area (Å²) < 4.78 is 4.82. The van der Waals surface area contributed by atoms with Gasteiger partial charge in [0.15, 0.2) is 11.6 Å². The van der Waals surface area contributed by atoms with E-state index in [0.717, 1.165) is 11.1 Å².